The van der Waals surface area contributed by atoms with Gasteiger partial charge >= 0.3 is 0 Å². The molecule has 0 fully saturated rings. The van der Waals surface area contributed by atoms with Gasteiger partial charge in [-0.3, -0.25) is 9.59 Å². The highest BCUT2D eigenvalue weighted by atomic mass is 16.2. The van der Waals surface area contributed by atoms with Gasteiger partial charge in [0.25, 0.3) is 0 Å². The number of fused-ring (bicyclic) bond motifs is 1. The summed E-state index contributed by atoms with van der Waals surface area (Å²) in [6.07, 6.45) is 5.85. The van der Waals surface area contributed by atoms with Crippen LogP contribution in [0.2, 0.25) is 0 Å². The van der Waals surface area contributed by atoms with E-state index >= 15 is 0 Å². The number of nitrogens with one attached hydrogen (secondary N) is 1. The van der Waals surface area contributed by atoms with E-state index in [2.05, 4.69) is 40.4 Å². The molecule has 1 aromatic heterocycles. The van der Waals surface area contributed by atoms with E-state index in [1.807, 2.05) is 19.2 Å². The minimum Gasteiger partial charge on any atom is -0.369 e. The van der Waals surface area contributed by atoms with Crippen LogP contribution in [0.25, 0.3) is 6.08 Å². The maximum atomic E-state index is 12.4. The summed E-state index contributed by atoms with van der Waals surface area (Å²) in [6, 6.07) is 12.2. The number of amides is 2. The minimum absolute atomic E-state index is 0.0507. The molecular formula is C21H24N4O2. The number of likely N-dealkylation sites (N-methyl/N-ethyl adjacent to an activating group) is 2. The summed E-state index contributed by atoms with van der Waals surface area (Å²) < 4.78 is 0. The normalized spacial score (nSPS) is 15.7. The Balaban J connectivity index is 1.56. The summed E-state index contributed by atoms with van der Waals surface area (Å²) in [4.78, 5) is 31.6. The summed E-state index contributed by atoms with van der Waals surface area (Å²) in [5, 5.41) is 2.61. The molecule has 1 unspecified atom stereocenters. The highest BCUT2D eigenvalue weighted by molar-refractivity contribution is 5.92. The molecule has 140 valence electrons. The van der Waals surface area contributed by atoms with Gasteiger partial charge in [-0.05, 0) is 41.8 Å². The number of nitrogens with zero attached hydrogens (tertiary/aromatic N) is 3. The van der Waals surface area contributed by atoms with Crippen LogP contribution in [0.5, 0.6) is 0 Å². The molecule has 27 heavy (non-hydrogen) atoms. The third-order valence-electron chi connectivity index (χ3n) is 4.74. The van der Waals surface area contributed by atoms with Crippen molar-refractivity contribution in [1.82, 2.24) is 9.88 Å². The van der Waals surface area contributed by atoms with Crippen molar-refractivity contribution >= 4 is 29.4 Å². The van der Waals surface area contributed by atoms with Crippen molar-refractivity contribution in [2.75, 3.05) is 30.9 Å². The Hall–Kier alpha value is -3.15. The van der Waals surface area contributed by atoms with Gasteiger partial charge in [0, 0.05) is 45.5 Å². The van der Waals surface area contributed by atoms with Crippen molar-refractivity contribution in [3.05, 3.63) is 59.8 Å². The van der Waals surface area contributed by atoms with E-state index < -0.39 is 0 Å². The Kier molecular flexibility index (Phi) is 5.54. The van der Waals surface area contributed by atoms with Crippen LogP contribution >= 0.6 is 0 Å². The number of benzene rings is 1. The number of carbonyl (C=O) groups is 2. The Morgan fingerprint density at radius 2 is 2.07 bits per heavy atom. The lowest BCUT2D eigenvalue weighted by Crippen LogP contribution is -2.40. The van der Waals surface area contributed by atoms with Crippen LogP contribution in [0.3, 0.4) is 0 Å². The van der Waals surface area contributed by atoms with Crippen molar-refractivity contribution in [3.63, 3.8) is 0 Å². The fourth-order valence-corrected chi connectivity index (χ4v) is 3.26. The molecule has 3 rings (SSSR count). The molecule has 6 heteroatoms. The van der Waals surface area contributed by atoms with Crippen molar-refractivity contribution in [2.24, 2.45) is 0 Å². The standard InChI is InChI=1S/C21H24N4O2/c1-15(26)23-20-10-8-16(13-22-20)9-11-21(27)24(2)14-18-12-17-6-4-5-7-19(17)25(18)3/h4-11,13,18H,12,14H2,1-3H3,(H,22,23,26)/b11-9+. The summed E-state index contributed by atoms with van der Waals surface area (Å²) in [7, 11) is 3.90. The second-order valence-electron chi connectivity index (χ2n) is 6.81. The van der Waals surface area contributed by atoms with Gasteiger partial charge in [-0.15, -0.1) is 0 Å². The Labute approximate surface area is 159 Å². The first kappa shape index (κ1) is 18.6. The Morgan fingerprint density at radius 1 is 1.30 bits per heavy atom. The number of anilines is 2. The fourth-order valence-electron chi connectivity index (χ4n) is 3.26. The lowest BCUT2D eigenvalue weighted by molar-refractivity contribution is -0.124. The quantitative estimate of drug-likeness (QED) is 0.828. The molecule has 1 N–H and O–H groups in total. The van der Waals surface area contributed by atoms with Gasteiger partial charge in [0.2, 0.25) is 11.8 Å². The molecule has 0 aliphatic carbocycles. The average molecular weight is 364 g/mol. The fraction of sp³-hybridized carbons (Fsp3) is 0.286. The van der Waals surface area contributed by atoms with E-state index in [1.165, 1.54) is 18.2 Å². The second kappa shape index (κ2) is 8.03. The first-order valence-corrected chi connectivity index (χ1v) is 8.91. The maximum absolute atomic E-state index is 12.4. The van der Waals surface area contributed by atoms with E-state index in [4.69, 9.17) is 0 Å². The summed E-state index contributed by atoms with van der Waals surface area (Å²) in [5.41, 5.74) is 3.37. The number of para-hydroxylation sites is 1. The molecular weight excluding hydrogens is 340 g/mol. The molecule has 2 heterocycles. The first-order chi connectivity index (χ1) is 12.9. The zero-order valence-electron chi connectivity index (χ0n) is 15.8. The smallest absolute Gasteiger partial charge is 0.246 e. The Bertz CT molecular complexity index is 861. The van der Waals surface area contributed by atoms with Crippen LogP contribution in [0, 0.1) is 0 Å². The lowest BCUT2D eigenvalue weighted by atomic mass is 10.1. The van der Waals surface area contributed by atoms with Crippen LogP contribution in [-0.2, 0) is 16.0 Å². The molecule has 0 radical (unpaired) electrons. The van der Waals surface area contributed by atoms with E-state index in [9.17, 15) is 9.59 Å². The molecule has 0 spiro atoms. The number of pyridine rings is 1. The van der Waals surface area contributed by atoms with Gasteiger partial charge in [-0.2, -0.15) is 0 Å². The van der Waals surface area contributed by atoms with Crippen LogP contribution in [0.15, 0.2) is 48.7 Å². The molecule has 2 aromatic rings. The minimum atomic E-state index is -0.165. The van der Waals surface area contributed by atoms with Crippen molar-refractivity contribution in [2.45, 2.75) is 19.4 Å². The lowest BCUT2D eigenvalue weighted by Gasteiger charge is -2.27. The molecule has 0 saturated carbocycles. The average Bonchev–Trinajstić information content (AvgIpc) is 2.96. The Morgan fingerprint density at radius 3 is 2.74 bits per heavy atom. The van der Waals surface area contributed by atoms with Gasteiger partial charge < -0.3 is 15.1 Å². The largest absolute Gasteiger partial charge is 0.369 e. The zero-order valence-corrected chi connectivity index (χ0v) is 15.8. The van der Waals surface area contributed by atoms with E-state index in [-0.39, 0.29) is 17.9 Å². The number of hydrogen-bond acceptors (Lipinski definition) is 4. The van der Waals surface area contributed by atoms with Gasteiger partial charge in [0.15, 0.2) is 0 Å². The summed E-state index contributed by atoms with van der Waals surface area (Å²) in [6.45, 7) is 2.10. The van der Waals surface area contributed by atoms with Crippen LogP contribution < -0.4 is 10.2 Å². The van der Waals surface area contributed by atoms with Crippen molar-refractivity contribution < 1.29 is 9.59 Å². The molecule has 1 aromatic carbocycles. The van der Waals surface area contributed by atoms with Crippen LogP contribution in [-0.4, -0.2) is 48.4 Å². The third-order valence-corrected chi connectivity index (χ3v) is 4.74. The van der Waals surface area contributed by atoms with Crippen LogP contribution in [0.4, 0.5) is 11.5 Å². The van der Waals surface area contributed by atoms with Crippen molar-refractivity contribution in [1.29, 1.82) is 0 Å². The predicted octanol–water partition coefficient (Wildman–Crippen LogP) is 2.57. The van der Waals surface area contributed by atoms with Gasteiger partial charge in [0.05, 0.1) is 6.04 Å². The summed E-state index contributed by atoms with van der Waals surface area (Å²) in [5.74, 6) is 0.277. The van der Waals surface area contributed by atoms with Gasteiger partial charge in [-0.1, -0.05) is 18.2 Å². The first-order valence-electron chi connectivity index (χ1n) is 8.91. The van der Waals surface area contributed by atoms with E-state index in [1.54, 1.807) is 29.3 Å². The molecule has 1 atom stereocenters. The van der Waals surface area contributed by atoms with Gasteiger partial charge in [0.1, 0.15) is 5.82 Å². The zero-order chi connectivity index (χ0) is 19.4. The topological polar surface area (TPSA) is 65.5 Å². The molecule has 2 amide bonds. The maximum Gasteiger partial charge on any atom is 0.246 e. The van der Waals surface area contributed by atoms with Crippen molar-refractivity contribution in [3.8, 4) is 0 Å². The molecule has 1 aliphatic rings. The molecule has 1 aliphatic heterocycles. The molecule has 0 bridgehead atoms. The highest BCUT2D eigenvalue weighted by Gasteiger charge is 2.27. The number of rotatable bonds is 5. The number of carbonyl (C=O) groups excluding carboxylic acids is 2. The number of hydrogen-bond donors (Lipinski definition) is 1. The highest BCUT2D eigenvalue weighted by Crippen LogP contribution is 2.30. The number of aromatic nitrogens is 1. The SMILES string of the molecule is CC(=O)Nc1ccc(/C=C/C(=O)N(C)CC2Cc3ccccc3N2C)cn1. The second-order valence-corrected chi connectivity index (χ2v) is 6.81. The van der Waals surface area contributed by atoms with E-state index in [0.717, 1.165) is 12.0 Å². The van der Waals surface area contributed by atoms with Crippen LogP contribution in [0.1, 0.15) is 18.1 Å². The third kappa shape index (κ3) is 4.53. The predicted molar refractivity (Wildman–Crippen MR) is 108 cm³/mol. The summed E-state index contributed by atoms with van der Waals surface area (Å²) >= 11 is 0. The molecule has 0 saturated heterocycles. The van der Waals surface area contributed by atoms with Gasteiger partial charge in [-0.25, -0.2) is 4.98 Å². The monoisotopic (exact) mass is 364 g/mol. The van der Waals surface area contributed by atoms with E-state index in [0.29, 0.717) is 12.4 Å². The molecule has 6 nitrogen and oxygen atoms in total.